The minimum Gasteiger partial charge on any atom is -0.306 e. The number of hydrogen-bond donors (Lipinski definition) is 1. The van der Waals surface area contributed by atoms with Crippen LogP contribution in [-0.2, 0) is 0 Å². The SMILES string of the molecule is CCSC1CCCC1NC(C)c1ccc(Cl)c(Cl)c1. The molecule has 0 amide bonds. The standard InChI is InChI=1S/C15H21Cl2NS/c1-3-19-15-6-4-5-14(15)18-10(2)11-7-8-12(16)13(17)9-11/h7-10,14-15,18H,3-6H2,1-2H3. The summed E-state index contributed by atoms with van der Waals surface area (Å²) < 4.78 is 0. The third-order valence-electron chi connectivity index (χ3n) is 3.74. The first-order valence-corrected chi connectivity index (χ1v) is 8.75. The van der Waals surface area contributed by atoms with Crippen LogP contribution in [0.15, 0.2) is 18.2 Å². The predicted octanol–water partition coefficient (Wildman–Crippen LogP) is 5.32. The van der Waals surface area contributed by atoms with E-state index in [-0.39, 0.29) is 0 Å². The Hall–Kier alpha value is 0.110. The molecule has 0 aromatic heterocycles. The van der Waals surface area contributed by atoms with Gasteiger partial charge in [-0.3, -0.25) is 0 Å². The van der Waals surface area contributed by atoms with Gasteiger partial charge in [-0.15, -0.1) is 0 Å². The van der Waals surface area contributed by atoms with Gasteiger partial charge in [0, 0.05) is 17.3 Å². The summed E-state index contributed by atoms with van der Waals surface area (Å²) in [5.41, 5.74) is 1.21. The van der Waals surface area contributed by atoms with Crippen molar-refractivity contribution in [1.82, 2.24) is 5.32 Å². The minimum absolute atomic E-state index is 0.317. The van der Waals surface area contributed by atoms with Gasteiger partial charge in [-0.2, -0.15) is 11.8 Å². The third-order valence-corrected chi connectivity index (χ3v) is 5.81. The molecule has 0 aliphatic heterocycles. The van der Waals surface area contributed by atoms with Gasteiger partial charge in [0.1, 0.15) is 0 Å². The molecule has 3 unspecified atom stereocenters. The van der Waals surface area contributed by atoms with E-state index in [1.807, 2.05) is 12.1 Å². The fourth-order valence-corrected chi connectivity index (χ4v) is 4.24. The average Bonchev–Trinajstić information content (AvgIpc) is 2.80. The van der Waals surface area contributed by atoms with Gasteiger partial charge in [0.2, 0.25) is 0 Å². The Bertz CT molecular complexity index is 425. The summed E-state index contributed by atoms with van der Waals surface area (Å²) in [6.07, 6.45) is 3.96. The van der Waals surface area contributed by atoms with Gasteiger partial charge in [-0.25, -0.2) is 0 Å². The smallest absolute Gasteiger partial charge is 0.0595 e. The van der Waals surface area contributed by atoms with E-state index >= 15 is 0 Å². The molecular formula is C15H21Cl2NS. The van der Waals surface area contributed by atoms with Crippen LogP contribution in [0.2, 0.25) is 10.0 Å². The molecule has 1 aromatic carbocycles. The van der Waals surface area contributed by atoms with Crippen molar-refractivity contribution in [3.8, 4) is 0 Å². The quantitative estimate of drug-likeness (QED) is 0.789. The van der Waals surface area contributed by atoms with Gasteiger partial charge in [-0.05, 0) is 43.2 Å². The molecule has 4 heteroatoms. The Labute approximate surface area is 130 Å². The van der Waals surface area contributed by atoms with Crippen molar-refractivity contribution in [2.24, 2.45) is 0 Å². The molecule has 1 saturated carbocycles. The van der Waals surface area contributed by atoms with Crippen molar-refractivity contribution < 1.29 is 0 Å². The summed E-state index contributed by atoms with van der Waals surface area (Å²) in [4.78, 5) is 0. The van der Waals surface area contributed by atoms with E-state index < -0.39 is 0 Å². The number of thioether (sulfide) groups is 1. The molecule has 1 nitrogen and oxygen atoms in total. The predicted molar refractivity (Wildman–Crippen MR) is 87.6 cm³/mol. The molecule has 106 valence electrons. The van der Waals surface area contributed by atoms with Crippen LogP contribution in [-0.4, -0.2) is 17.0 Å². The number of nitrogens with one attached hydrogen (secondary N) is 1. The topological polar surface area (TPSA) is 12.0 Å². The molecule has 1 N–H and O–H groups in total. The number of benzene rings is 1. The lowest BCUT2D eigenvalue weighted by atomic mass is 10.1. The number of rotatable bonds is 5. The van der Waals surface area contributed by atoms with Crippen molar-refractivity contribution in [2.45, 2.75) is 50.4 Å². The molecule has 1 aliphatic rings. The van der Waals surface area contributed by atoms with E-state index in [2.05, 4.69) is 37.0 Å². The number of halogens is 2. The summed E-state index contributed by atoms with van der Waals surface area (Å²) in [5.74, 6) is 1.20. The Kier molecular flexibility index (Phi) is 5.88. The zero-order valence-electron chi connectivity index (χ0n) is 11.5. The van der Waals surface area contributed by atoms with Crippen LogP contribution in [0.4, 0.5) is 0 Å². The molecule has 1 aliphatic carbocycles. The third kappa shape index (κ3) is 4.04. The maximum Gasteiger partial charge on any atom is 0.0595 e. The second kappa shape index (κ2) is 7.21. The Morgan fingerprint density at radius 1 is 1.32 bits per heavy atom. The van der Waals surface area contributed by atoms with Crippen LogP contribution in [0.1, 0.15) is 44.7 Å². The second-order valence-electron chi connectivity index (χ2n) is 5.09. The Balaban J connectivity index is 1.99. The maximum absolute atomic E-state index is 6.09. The van der Waals surface area contributed by atoms with Gasteiger partial charge in [-0.1, -0.05) is 42.6 Å². The lowest BCUT2D eigenvalue weighted by Gasteiger charge is -2.25. The Morgan fingerprint density at radius 2 is 2.11 bits per heavy atom. The van der Waals surface area contributed by atoms with Crippen LogP contribution < -0.4 is 5.32 Å². The monoisotopic (exact) mass is 317 g/mol. The van der Waals surface area contributed by atoms with E-state index in [1.165, 1.54) is 30.6 Å². The van der Waals surface area contributed by atoms with Crippen LogP contribution in [0.5, 0.6) is 0 Å². The summed E-state index contributed by atoms with van der Waals surface area (Å²) in [7, 11) is 0. The van der Waals surface area contributed by atoms with Crippen LogP contribution in [0.25, 0.3) is 0 Å². The molecule has 0 radical (unpaired) electrons. The van der Waals surface area contributed by atoms with E-state index in [0.29, 0.717) is 22.1 Å². The molecule has 19 heavy (non-hydrogen) atoms. The maximum atomic E-state index is 6.09. The first-order valence-electron chi connectivity index (χ1n) is 6.94. The molecule has 0 bridgehead atoms. The first kappa shape index (κ1) is 15.5. The lowest BCUT2D eigenvalue weighted by molar-refractivity contribution is 0.467. The number of hydrogen-bond acceptors (Lipinski definition) is 2. The highest BCUT2D eigenvalue weighted by molar-refractivity contribution is 7.99. The molecule has 1 fully saturated rings. The van der Waals surface area contributed by atoms with Gasteiger partial charge in [0.05, 0.1) is 10.0 Å². The van der Waals surface area contributed by atoms with Gasteiger partial charge < -0.3 is 5.32 Å². The lowest BCUT2D eigenvalue weighted by Crippen LogP contribution is -2.36. The minimum atomic E-state index is 0.317. The fourth-order valence-electron chi connectivity index (χ4n) is 2.73. The second-order valence-corrected chi connectivity index (χ2v) is 7.42. The zero-order valence-corrected chi connectivity index (χ0v) is 13.8. The molecule has 3 atom stereocenters. The van der Waals surface area contributed by atoms with Crippen molar-refractivity contribution in [3.63, 3.8) is 0 Å². The van der Waals surface area contributed by atoms with Crippen LogP contribution in [0.3, 0.4) is 0 Å². The molecule has 0 spiro atoms. The highest BCUT2D eigenvalue weighted by Crippen LogP contribution is 2.32. The summed E-state index contributed by atoms with van der Waals surface area (Å²) >= 11 is 14.1. The Morgan fingerprint density at radius 3 is 2.79 bits per heavy atom. The van der Waals surface area contributed by atoms with Crippen molar-refractivity contribution in [2.75, 3.05) is 5.75 Å². The average molecular weight is 318 g/mol. The van der Waals surface area contributed by atoms with Gasteiger partial charge in [0.25, 0.3) is 0 Å². The largest absolute Gasteiger partial charge is 0.306 e. The fraction of sp³-hybridized carbons (Fsp3) is 0.600. The molecule has 2 rings (SSSR count). The zero-order chi connectivity index (χ0) is 13.8. The normalized spacial score (nSPS) is 24.6. The van der Waals surface area contributed by atoms with Gasteiger partial charge >= 0.3 is 0 Å². The summed E-state index contributed by atoms with van der Waals surface area (Å²) in [5, 5.41) is 5.77. The van der Waals surface area contributed by atoms with E-state index in [1.54, 1.807) is 0 Å². The highest BCUT2D eigenvalue weighted by atomic mass is 35.5. The molecular weight excluding hydrogens is 297 g/mol. The highest BCUT2D eigenvalue weighted by Gasteiger charge is 2.28. The van der Waals surface area contributed by atoms with E-state index in [0.717, 1.165) is 5.25 Å². The van der Waals surface area contributed by atoms with Crippen molar-refractivity contribution >= 4 is 35.0 Å². The van der Waals surface area contributed by atoms with Crippen molar-refractivity contribution in [3.05, 3.63) is 33.8 Å². The van der Waals surface area contributed by atoms with E-state index in [4.69, 9.17) is 23.2 Å². The molecule has 1 aromatic rings. The first-order chi connectivity index (χ1) is 9.11. The summed E-state index contributed by atoms with van der Waals surface area (Å²) in [6, 6.07) is 6.85. The molecule has 0 heterocycles. The molecule has 0 saturated heterocycles. The van der Waals surface area contributed by atoms with Crippen LogP contribution in [0, 0.1) is 0 Å². The van der Waals surface area contributed by atoms with Gasteiger partial charge in [0.15, 0.2) is 0 Å². The summed E-state index contributed by atoms with van der Waals surface area (Å²) in [6.45, 7) is 4.44. The van der Waals surface area contributed by atoms with E-state index in [9.17, 15) is 0 Å². The van der Waals surface area contributed by atoms with Crippen LogP contribution >= 0.6 is 35.0 Å². The van der Waals surface area contributed by atoms with Crippen molar-refractivity contribution in [1.29, 1.82) is 0 Å².